The minimum absolute atomic E-state index is 0.0904. The number of likely N-dealkylation sites (tertiary alicyclic amines) is 1. The molecule has 3 rings (SSSR count). The highest BCUT2D eigenvalue weighted by atomic mass is 19.4. The fourth-order valence-electron chi connectivity index (χ4n) is 3.51. The molecule has 0 atom stereocenters. The van der Waals surface area contributed by atoms with E-state index in [2.05, 4.69) is 5.32 Å². The molecule has 1 aliphatic rings. The van der Waals surface area contributed by atoms with E-state index in [0.29, 0.717) is 37.4 Å². The van der Waals surface area contributed by atoms with Gasteiger partial charge in [-0.15, -0.1) is 0 Å². The number of carbonyl (C=O) groups excluding carboxylic acids is 2. The Balaban J connectivity index is 1.62. The van der Waals surface area contributed by atoms with Gasteiger partial charge in [0.1, 0.15) is 17.5 Å². The van der Waals surface area contributed by atoms with Gasteiger partial charge in [0.05, 0.1) is 5.56 Å². The number of halogens is 3. The third-order valence-corrected chi connectivity index (χ3v) is 5.29. The van der Waals surface area contributed by atoms with Gasteiger partial charge in [0.15, 0.2) is 0 Å². The van der Waals surface area contributed by atoms with E-state index in [-0.39, 0.29) is 17.8 Å². The van der Waals surface area contributed by atoms with Crippen molar-refractivity contribution in [2.75, 3.05) is 18.4 Å². The quantitative estimate of drug-likeness (QED) is 0.581. The molecule has 1 heterocycles. The molecule has 1 fully saturated rings. The minimum atomic E-state index is -4.53. The molecule has 0 aromatic heterocycles. The van der Waals surface area contributed by atoms with Crippen LogP contribution < -0.4 is 10.1 Å². The molecular formula is C25H29F3N2O4. The van der Waals surface area contributed by atoms with Crippen LogP contribution in [-0.4, -0.2) is 41.7 Å². The summed E-state index contributed by atoms with van der Waals surface area (Å²) in [5.74, 6) is -0.0795. The number of nitrogens with zero attached hydrogens (tertiary/aromatic N) is 1. The number of aryl methyl sites for hydroxylation is 1. The van der Waals surface area contributed by atoms with Crippen LogP contribution in [0.3, 0.4) is 0 Å². The molecule has 34 heavy (non-hydrogen) atoms. The minimum Gasteiger partial charge on any atom is -0.490 e. The maximum absolute atomic E-state index is 12.9. The van der Waals surface area contributed by atoms with E-state index in [4.69, 9.17) is 9.47 Å². The van der Waals surface area contributed by atoms with Crippen molar-refractivity contribution in [2.24, 2.45) is 0 Å². The number of ether oxygens (including phenoxy) is 2. The van der Waals surface area contributed by atoms with Gasteiger partial charge in [-0.2, -0.15) is 13.2 Å². The van der Waals surface area contributed by atoms with Gasteiger partial charge < -0.3 is 19.7 Å². The van der Waals surface area contributed by atoms with Gasteiger partial charge in [-0.05, 0) is 57.5 Å². The van der Waals surface area contributed by atoms with Gasteiger partial charge in [-0.3, -0.25) is 4.79 Å². The monoisotopic (exact) mass is 478 g/mol. The number of amides is 2. The summed E-state index contributed by atoms with van der Waals surface area (Å²) >= 11 is 0. The molecule has 2 aromatic rings. The Bertz CT molecular complexity index is 1040. The van der Waals surface area contributed by atoms with Gasteiger partial charge in [0.2, 0.25) is 0 Å². The molecule has 184 valence electrons. The highest BCUT2D eigenvalue weighted by Gasteiger charge is 2.31. The van der Waals surface area contributed by atoms with Crippen molar-refractivity contribution in [3.63, 3.8) is 0 Å². The lowest BCUT2D eigenvalue weighted by Crippen LogP contribution is -2.44. The molecule has 0 saturated carbocycles. The molecule has 6 nitrogen and oxygen atoms in total. The molecule has 0 spiro atoms. The number of hydrogen-bond donors (Lipinski definition) is 1. The SMILES string of the molecule is Cc1ccc(NC(=O)c2cccc(C(F)(F)F)c2)cc1OC1CCN(C(=O)OC(C)(C)C)CC1. The van der Waals surface area contributed by atoms with Crippen molar-refractivity contribution in [3.8, 4) is 5.75 Å². The van der Waals surface area contributed by atoms with E-state index < -0.39 is 23.2 Å². The number of alkyl halides is 3. The normalized spacial score (nSPS) is 15.1. The second-order valence-corrected chi connectivity index (χ2v) is 9.30. The maximum atomic E-state index is 12.9. The van der Waals surface area contributed by atoms with Crippen molar-refractivity contribution in [2.45, 2.75) is 58.4 Å². The Labute approximate surface area is 197 Å². The van der Waals surface area contributed by atoms with Crippen LogP contribution in [0.2, 0.25) is 0 Å². The van der Waals surface area contributed by atoms with Gasteiger partial charge >= 0.3 is 12.3 Å². The van der Waals surface area contributed by atoms with Crippen molar-refractivity contribution in [1.29, 1.82) is 0 Å². The van der Waals surface area contributed by atoms with Crippen LogP contribution in [0.15, 0.2) is 42.5 Å². The van der Waals surface area contributed by atoms with Crippen LogP contribution in [0.25, 0.3) is 0 Å². The van der Waals surface area contributed by atoms with E-state index in [1.165, 1.54) is 12.1 Å². The molecule has 0 bridgehead atoms. The summed E-state index contributed by atoms with van der Waals surface area (Å²) < 4.78 is 50.4. The molecule has 2 aromatic carbocycles. The summed E-state index contributed by atoms with van der Waals surface area (Å²) in [5.41, 5.74) is -0.264. The van der Waals surface area contributed by atoms with Crippen molar-refractivity contribution >= 4 is 17.7 Å². The van der Waals surface area contributed by atoms with E-state index in [1.54, 1.807) is 23.1 Å². The lowest BCUT2D eigenvalue weighted by molar-refractivity contribution is -0.137. The molecule has 2 amide bonds. The van der Waals surface area contributed by atoms with Gasteiger partial charge in [-0.25, -0.2) is 4.79 Å². The fourth-order valence-corrected chi connectivity index (χ4v) is 3.51. The van der Waals surface area contributed by atoms with Crippen molar-refractivity contribution in [3.05, 3.63) is 59.2 Å². The molecule has 0 radical (unpaired) electrons. The molecule has 1 N–H and O–H groups in total. The standard InChI is InChI=1S/C25H29F3N2O4/c1-16-8-9-19(29-22(31)17-6-5-7-18(14-17)25(26,27)28)15-21(16)33-20-10-12-30(13-11-20)23(32)34-24(2,3)4/h5-9,14-15,20H,10-13H2,1-4H3,(H,29,31). The number of benzene rings is 2. The Morgan fingerprint density at radius 2 is 1.71 bits per heavy atom. The van der Waals surface area contributed by atoms with Gasteiger partial charge in [0.25, 0.3) is 5.91 Å². The van der Waals surface area contributed by atoms with E-state index in [1.807, 2.05) is 27.7 Å². The molecule has 0 unspecified atom stereocenters. The lowest BCUT2D eigenvalue weighted by Gasteiger charge is -2.33. The largest absolute Gasteiger partial charge is 0.490 e. The first kappa shape index (κ1) is 25.4. The summed E-state index contributed by atoms with van der Waals surface area (Å²) in [6.45, 7) is 8.34. The molecule has 0 aliphatic carbocycles. The van der Waals surface area contributed by atoms with Crippen LogP contribution >= 0.6 is 0 Å². The van der Waals surface area contributed by atoms with Crippen LogP contribution in [0, 0.1) is 6.92 Å². The summed E-state index contributed by atoms with van der Waals surface area (Å²) in [6.07, 6.45) is -3.74. The third-order valence-electron chi connectivity index (χ3n) is 5.29. The van der Waals surface area contributed by atoms with E-state index in [9.17, 15) is 22.8 Å². The van der Waals surface area contributed by atoms with Gasteiger partial charge in [-0.1, -0.05) is 12.1 Å². The first-order valence-corrected chi connectivity index (χ1v) is 11.1. The first-order chi connectivity index (χ1) is 15.8. The van der Waals surface area contributed by atoms with Crippen LogP contribution in [0.5, 0.6) is 5.75 Å². The van der Waals surface area contributed by atoms with Crippen molar-refractivity contribution < 1.29 is 32.2 Å². The highest BCUT2D eigenvalue weighted by Crippen LogP contribution is 2.30. The predicted octanol–water partition coefficient (Wildman–Crippen LogP) is 6.04. The Hall–Kier alpha value is -3.23. The smallest absolute Gasteiger partial charge is 0.416 e. The molecule has 1 saturated heterocycles. The van der Waals surface area contributed by atoms with E-state index in [0.717, 1.165) is 17.7 Å². The Morgan fingerprint density at radius 1 is 1.03 bits per heavy atom. The highest BCUT2D eigenvalue weighted by molar-refractivity contribution is 6.04. The second-order valence-electron chi connectivity index (χ2n) is 9.30. The van der Waals surface area contributed by atoms with Crippen molar-refractivity contribution in [1.82, 2.24) is 4.90 Å². The number of hydrogen-bond acceptors (Lipinski definition) is 4. The second kappa shape index (κ2) is 9.95. The van der Waals surface area contributed by atoms with E-state index >= 15 is 0 Å². The topological polar surface area (TPSA) is 67.9 Å². The number of piperidine rings is 1. The molecular weight excluding hydrogens is 449 g/mol. The Kier molecular flexibility index (Phi) is 7.43. The summed E-state index contributed by atoms with van der Waals surface area (Å²) in [7, 11) is 0. The third kappa shape index (κ3) is 6.88. The summed E-state index contributed by atoms with van der Waals surface area (Å²) in [6, 6.07) is 9.36. The maximum Gasteiger partial charge on any atom is 0.416 e. The zero-order valence-corrected chi connectivity index (χ0v) is 19.7. The van der Waals surface area contributed by atoms with Crippen LogP contribution in [0.4, 0.5) is 23.7 Å². The fraction of sp³-hybridized carbons (Fsp3) is 0.440. The number of carbonyl (C=O) groups is 2. The summed E-state index contributed by atoms with van der Waals surface area (Å²) in [5, 5.41) is 2.63. The lowest BCUT2D eigenvalue weighted by atomic mass is 10.1. The zero-order chi connectivity index (χ0) is 25.1. The molecule has 9 heteroatoms. The first-order valence-electron chi connectivity index (χ1n) is 11.1. The van der Waals surface area contributed by atoms with Gasteiger partial charge in [0, 0.05) is 43.2 Å². The average molecular weight is 479 g/mol. The zero-order valence-electron chi connectivity index (χ0n) is 19.7. The molecule has 1 aliphatic heterocycles. The number of anilines is 1. The summed E-state index contributed by atoms with van der Waals surface area (Å²) in [4.78, 5) is 26.4. The average Bonchev–Trinajstić information content (AvgIpc) is 2.75. The van der Waals surface area contributed by atoms with Crippen LogP contribution in [0.1, 0.15) is 55.1 Å². The van der Waals surface area contributed by atoms with Crippen LogP contribution in [-0.2, 0) is 10.9 Å². The predicted molar refractivity (Wildman–Crippen MR) is 122 cm³/mol. The number of rotatable bonds is 4. The Morgan fingerprint density at radius 3 is 2.32 bits per heavy atom. The number of nitrogens with one attached hydrogen (secondary N) is 1.